The van der Waals surface area contributed by atoms with Crippen LogP contribution in [0.4, 0.5) is 5.69 Å². The summed E-state index contributed by atoms with van der Waals surface area (Å²) in [5.74, 6) is 1.90. The van der Waals surface area contributed by atoms with E-state index in [1.165, 1.54) is 11.8 Å². The van der Waals surface area contributed by atoms with Crippen LogP contribution in [0.2, 0.25) is 5.02 Å². The molecule has 34 heavy (non-hydrogen) atoms. The molecule has 0 radical (unpaired) electrons. The first-order chi connectivity index (χ1) is 16.6. The van der Waals surface area contributed by atoms with E-state index in [4.69, 9.17) is 21.1 Å². The summed E-state index contributed by atoms with van der Waals surface area (Å²) in [6.45, 7) is 0. The van der Waals surface area contributed by atoms with Crippen LogP contribution in [0, 0.1) is 0 Å². The molecule has 4 rings (SSSR count). The van der Waals surface area contributed by atoms with Crippen molar-refractivity contribution >= 4 is 35.0 Å². The Morgan fingerprint density at radius 1 is 0.971 bits per heavy atom. The number of benzene rings is 3. The largest absolute Gasteiger partial charge is 0.493 e. The summed E-state index contributed by atoms with van der Waals surface area (Å²) in [5.41, 5.74) is 2.61. The first kappa shape index (κ1) is 23.7. The average Bonchev–Trinajstić information content (AvgIpc) is 3.26. The first-order valence-electron chi connectivity index (χ1n) is 10.5. The molecule has 0 saturated carbocycles. The highest BCUT2D eigenvalue weighted by Crippen LogP contribution is 2.30. The zero-order valence-electron chi connectivity index (χ0n) is 18.7. The number of nitrogens with zero attached hydrogens (tertiary/aromatic N) is 3. The van der Waals surface area contributed by atoms with Crippen molar-refractivity contribution in [3.63, 3.8) is 0 Å². The van der Waals surface area contributed by atoms with Crippen molar-refractivity contribution in [2.24, 2.45) is 0 Å². The fourth-order valence-corrected chi connectivity index (χ4v) is 4.27. The number of aromatic nitrogens is 3. The third-order valence-electron chi connectivity index (χ3n) is 4.99. The van der Waals surface area contributed by atoms with Gasteiger partial charge in [-0.15, -0.1) is 10.2 Å². The maximum atomic E-state index is 12.7. The van der Waals surface area contributed by atoms with Gasteiger partial charge in [-0.1, -0.05) is 53.7 Å². The quantitative estimate of drug-likeness (QED) is 0.320. The molecule has 1 heterocycles. The first-order valence-corrected chi connectivity index (χ1v) is 11.8. The molecule has 174 valence electrons. The number of ether oxygens (including phenoxy) is 2. The van der Waals surface area contributed by atoms with Crippen LogP contribution < -0.4 is 14.8 Å². The van der Waals surface area contributed by atoms with Gasteiger partial charge in [0.2, 0.25) is 5.91 Å². The van der Waals surface area contributed by atoms with Crippen LogP contribution in [-0.2, 0) is 11.2 Å². The number of carbonyl (C=O) groups is 1. The topological polar surface area (TPSA) is 78.3 Å². The van der Waals surface area contributed by atoms with E-state index in [1.807, 2.05) is 59.2 Å². The lowest BCUT2D eigenvalue weighted by Gasteiger charge is -2.12. The molecule has 1 aromatic heterocycles. The van der Waals surface area contributed by atoms with E-state index in [0.29, 0.717) is 33.8 Å². The van der Waals surface area contributed by atoms with Gasteiger partial charge in [-0.3, -0.25) is 9.36 Å². The van der Waals surface area contributed by atoms with Crippen molar-refractivity contribution in [1.82, 2.24) is 14.8 Å². The minimum atomic E-state index is -0.174. The number of carbonyl (C=O) groups excluding carboxylic acids is 1. The van der Waals surface area contributed by atoms with Gasteiger partial charge in [0.15, 0.2) is 16.7 Å². The number of amides is 1. The van der Waals surface area contributed by atoms with Gasteiger partial charge in [0.1, 0.15) is 5.82 Å². The number of hydrogen-bond acceptors (Lipinski definition) is 6. The SMILES string of the molecule is COc1ccc(NC(=O)CSc2nnc(Cc3ccccc3)n2-c2ccc(Cl)cc2)cc1OC. The Labute approximate surface area is 207 Å². The Kier molecular flexibility index (Phi) is 7.72. The van der Waals surface area contributed by atoms with E-state index in [2.05, 4.69) is 15.5 Å². The van der Waals surface area contributed by atoms with E-state index in [0.717, 1.165) is 17.1 Å². The molecule has 0 bridgehead atoms. The summed E-state index contributed by atoms with van der Waals surface area (Å²) in [7, 11) is 3.12. The Morgan fingerprint density at radius 3 is 2.41 bits per heavy atom. The Bertz CT molecular complexity index is 1260. The molecule has 7 nitrogen and oxygen atoms in total. The van der Waals surface area contributed by atoms with Gasteiger partial charge in [0.25, 0.3) is 0 Å². The lowest BCUT2D eigenvalue weighted by Crippen LogP contribution is -2.15. The van der Waals surface area contributed by atoms with Gasteiger partial charge >= 0.3 is 0 Å². The van der Waals surface area contributed by atoms with E-state index in [-0.39, 0.29) is 11.7 Å². The predicted molar refractivity (Wildman–Crippen MR) is 135 cm³/mol. The lowest BCUT2D eigenvalue weighted by molar-refractivity contribution is -0.113. The lowest BCUT2D eigenvalue weighted by atomic mass is 10.1. The maximum absolute atomic E-state index is 12.7. The minimum absolute atomic E-state index is 0.158. The smallest absolute Gasteiger partial charge is 0.234 e. The molecule has 1 N–H and O–H groups in total. The molecule has 0 aliphatic carbocycles. The van der Waals surface area contributed by atoms with E-state index in [9.17, 15) is 4.79 Å². The second-order valence-electron chi connectivity index (χ2n) is 7.28. The number of nitrogens with one attached hydrogen (secondary N) is 1. The fraction of sp³-hybridized carbons (Fsp3) is 0.160. The van der Waals surface area contributed by atoms with Crippen LogP contribution in [-0.4, -0.2) is 40.6 Å². The summed E-state index contributed by atoms with van der Waals surface area (Å²) in [4.78, 5) is 12.7. The maximum Gasteiger partial charge on any atom is 0.234 e. The Hall–Kier alpha value is -3.49. The average molecular weight is 495 g/mol. The van der Waals surface area contributed by atoms with Crippen molar-refractivity contribution in [3.05, 3.63) is 89.2 Å². The molecule has 0 spiro atoms. The van der Waals surface area contributed by atoms with Crippen LogP contribution in [0.3, 0.4) is 0 Å². The number of hydrogen-bond donors (Lipinski definition) is 1. The number of anilines is 1. The predicted octanol–water partition coefficient (Wildman–Crippen LogP) is 5.26. The van der Waals surface area contributed by atoms with E-state index < -0.39 is 0 Å². The highest BCUT2D eigenvalue weighted by atomic mass is 35.5. The number of halogens is 1. The molecule has 0 fully saturated rings. The van der Waals surface area contributed by atoms with E-state index in [1.54, 1.807) is 32.4 Å². The standard InChI is InChI=1S/C25H23ClN4O3S/c1-32-21-13-10-19(15-22(21)33-2)27-24(31)16-34-25-29-28-23(14-17-6-4-3-5-7-17)30(25)20-11-8-18(26)9-12-20/h3-13,15H,14,16H2,1-2H3,(H,27,31). The van der Waals surface area contributed by atoms with Crippen LogP contribution >= 0.6 is 23.4 Å². The van der Waals surface area contributed by atoms with Crippen molar-refractivity contribution in [1.29, 1.82) is 0 Å². The molecule has 0 atom stereocenters. The molecule has 0 aliphatic heterocycles. The van der Waals surface area contributed by atoms with Crippen LogP contribution in [0.15, 0.2) is 78.0 Å². The summed E-state index contributed by atoms with van der Waals surface area (Å²) in [6.07, 6.45) is 0.606. The van der Waals surface area contributed by atoms with Gasteiger partial charge < -0.3 is 14.8 Å². The number of methoxy groups -OCH3 is 2. The number of thioether (sulfide) groups is 1. The zero-order valence-corrected chi connectivity index (χ0v) is 20.3. The van der Waals surface area contributed by atoms with Gasteiger partial charge in [-0.05, 0) is 42.0 Å². The molecular weight excluding hydrogens is 472 g/mol. The van der Waals surface area contributed by atoms with Gasteiger partial charge in [-0.25, -0.2) is 0 Å². The second kappa shape index (κ2) is 11.1. The van der Waals surface area contributed by atoms with Crippen molar-refractivity contribution in [2.45, 2.75) is 11.6 Å². The normalized spacial score (nSPS) is 10.7. The van der Waals surface area contributed by atoms with Crippen molar-refractivity contribution in [3.8, 4) is 17.2 Å². The summed E-state index contributed by atoms with van der Waals surface area (Å²) < 4.78 is 12.5. The van der Waals surface area contributed by atoms with Crippen molar-refractivity contribution < 1.29 is 14.3 Å². The molecular formula is C25H23ClN4O3S. The third kappa shape index (κ3) is 5.70. The molecule has 1 amide bonds. The van der Waals surface area contributed by atoms with Gasteiger partial charge in [0, 0.05) is 28.9 Å². The zero-order chi connectivity index (χ0) is 23.9. The molecule has 0 aliphatic rings. The Morgan fingerprint density at radius 2 is 1.71 bits per heavy atom. The van der Waals surface area contributed by atoms with E-state index >= 15 is 0 Å². The second-order valence-corrected chi connectivity index (χ2v) is 8.66. The van der Waals surface area contributed by atoms with Crippen LogP contribution in [0.1, 0.15) is 11.4 Å². The molecule has 3 aromatic carbocycles. The van der Waals surface area contributed by atoms with Gasteiger partial charge in [0.05, 0.1) is 20.0 Å². The molecule has 0 saturated heterocycles. The summed E-state index contributed by atoms with van der Waals surface area (Å²) >= 11 is 7.40. The minimum Gasteiger partial charge on any atom is -0.493 e. The van der Waals surface area contributed by atoms with Crippen molar-refractivity contribution in [2.75, 3.05) is 25.3 Å². The fourth-order valence-electron chi connectivity index (χ4n) is 3.38. The highest BCUT2D eigenvalue weighted by molar-refractivity contribution is 7.99. The van der Waals surface area contributed by atoms with Crippen LogP contribution in [0.25, 0.3) is 5.69 Å². The summed E-state index contributed by atoms with van der Waals surface area (Å²) in [6, 6.07) is 22.7. The highest BCUT2D eigenvalue weighted by Gasteiger charge is 2.17. The molecule has 9 heteroatoms. The Balaban J connectivity index is 1.52. The van der Waals surface area contributed by atoms with Gasteiger partial charge in [-0.2, -0.15) is 0 Å². The van der Waals surface area contributed by atoms with Crippen LogP contribution in [0.5, 0.6) is 11.5 Å². The molecule has 0 unspecified atom stereocenters. The third-order valence-corrected chi connectivity index (χ3v) is 6.17. The number of rotatable bonds is 9. The monoisotopic (exact) mass is 494 g/mol. The molecule has 4 aromatic rings. The summed E-state index contributed by atoms with van der Waals surface area (Å²) in [5, 5.41) is 12.9.